The maximum atomic E-state index is 14.1. The molecule has 3 rings (SSSR count). The van der Waals surface area contributed by atoms with Crippen molar-refractivity contribution in [3.8, 4) is 0 Å². The molecule has 0 aromatic heterocycles. The third-order valence-electron chi connectivity index (χ3n) is 3.88. The second kappa shape index (κ2) is 6.01. The average molecular weight is 301 g/mol. The zero-order valence-corrected chi connectivity index (χ0v) is 12.0. The van der Waals surface area contributed by atoms with Gasteiger partial charge < -0.3 is 9.80 Å². The molecule has 0 aliphatic carbocycles. The molecule has 114 valence electrons. The lowest BCUT2D eigenvalue weighted by atomic mass is 10.2. The van der Waals surface area contributed by atoms with E-state index in [0.29, 0.717) is 18.8 Å². The van der Waals surface area contributed by atoms with Gasteiger partial charge in [-0.2, -0.15) is 0 Å². The smallest absolute Gasteiger partial charge is 0.272 e. The first-order valence-corrected chi connectivity index (χ1v) is 7.14. The van der Waals surface area contributed by atoms with Crippen LogP contribution in [0.15, 0.2) is 48.5 Å². The van der Waals surface area contributed by atoms with Gasteiger partial charge in [-0.05, 0) is 18.2 Å². The highest BCUT2D eigenvalue weighted by atomic mass is 19.1. The van der Waals surface area contributed by atoms with Gasteiger partial charge in [-0.25, -0.2) is 4.39 Å². The van der Waals surface area contributed by atoms with Crippen LogP contribution in [0.4, 0.5) is 21.5 Å². The van der Waals surface area contributed by atoms with Gasteiger partial charge in [-0.15, -0.1) is 0 Å². The van der Waals surface area contributed by atoms with E-state index in [1.165, 1.54) is 12.1 Å². The topological polar surface area (TPSA) is 49.6 Å². The molecule has 0 unspecified atom stereocenters. The number of piperazine rings is 1. The normalized spacial score (nSPS) is 15.0. The van der Waals surface area contributed by atoms with Crippen molar-refractivity contribution in [1.82, 2.24) is 0 Å². The molecule has 1 saturated heterocycles. The zero-order chi connectivity index (χ0) is 15.5. The van der Waals surface area contributed by atoms with Gasteiger partial charge in [0.05, 0.1) is 16.7 Å². The summed E-state index contributed by atoms with van der Waals surface area (Å²) < 4.78 is 14.1. The highest BCUT2D eigenvalue weighted by Crippen LogP contribution is 2.26. The van der Waals surface area contributed by atoms with E-state index < -0.39 is 10.7 Å². The molecule has 0 bridgehead atoms. The Labute approximate surface area is 127 Å². The van der Waals surface area contributed by atoms with Crippen molar-refractivity contribution in [3.63, 3.8) is 0 Å². The first kappa shape index (κ1) is 14.3. The molecule has 0 radical (unpaired) electrons. The number of nitro benzene ring substituents is 1. The molecule has 0 spiro atoms. The van der Waals surface area contributed by atoms with Gasteiger partial charge in [0, 0.05) is 37.9 Å². The molecule has 0 saturated carbocycles. The number of anilines is 2. The van der Waals surface area contributed by atoms with Crippen LogP contribution in [0.2, 0.25) is 0 Å². The summed E-state index contributed by atoms with van der Waals surface area (Å²) in [5.74, 6) is -0.539. The van der Waals surface area contributed by atoms with Crippen LogP contribution < -0.4 is 9.80 Å². The van der Waals surface area contributed by atoms with Gasteiger partial charge in [-0.3, -0.25) is 10.1 Å². The molecule has 1 aliphatic rings. The minimum absolute atomic E-state index is 0.218. The number of rotatable bonds is 3. The lowest BCUT2D eigenvalue weighted by Crippen LogP contribution is -2.46. The fourth-order valence-corrected chi connectivity index (χ4v) is 2.71. The van der Waals surface area contributed by atoms with E-state index in [9.17, 15) is 14.5 Å². The SMILES string of the molecule is O=[N+]([O-])c1ccc(N2CCN(c3ccccc3)CC2)c(F)c1. The van der Waals surface area contributed by atoms with Crippen LogP contribution in [0.5, 0.6) is 0 Å². The number of non-ortho nitro benzene ring substituents is 1. The van der Waals surface area contributed by atoms with Crippen molar-refractivity contribution >= 4 is 17.1 Å². The standard InChI is InChI=1S/C16H16FN3O2/c17-15-12-14(20(21)22)6-7-16(15)19-10-8-18(9-11-19)13-4-2-1-3-5-13/h1-7,12H,8-11H2. The Morgan fingerprint density at radius 1 is 0.955 bits per heavy atom. The molecule has 2 aromatic rings. The quantitative estimate of drug-likeness (QED) is 0.646. The second-order valence-corrected chi connectivity index (χ2v) is 5.20. The molecule has 0 amide bonds. The number of nitro groups is 1. The number of nitrogens with zero attached hydrogens (tertiary/aromatic N) is 3. The summed E-state index contributed by atoms with van der Waals surface area (Å²) in [6.07, 6.45) is 0. The zero-order valence-electron chi connectivity index (χ0n) is 12.0. The minimum atomic E-state index is -0.583. The molecule has 1 fully saturated rings. The maximum Gasteiger partial charge on any atom is 0.272 e. The predicted octanol–water partition coefficient (Wildman–Crippen LogP) is 3.06. The molecular weight excluding hydrogens is 285 g/mol. The number of hydrogen-bond donors (Lipinski definition) is 0. The molecule has 6 heteroatoms. The van der Waals surface area contributed by atoms with Crippen LogP contribution in [-0.2, 0) is 0 Å². The molecule has 1 heterocycles. The van der Waals surface area contributed by atoms with E-state index in [1.807, 2.05) is 23.1 Å². The van der Waals surface area contributed by atoms with Crippen molar-refractivity contribution in [1.29, 1.82) is 0 Å². The van der Waals surface area contributed by atoms with Crippen LogP contribution >= 0.6 is 0 Å². The van der Waals surface area contributed by atoms with Gasteiger partial charge in [0.2, 0.25) is 0 Å². The first-order chi connectivity index (χ1) is 10.6. The predicted molar refractivity (Wildman–Crippen MR) is 83.9 cm³/mol. The highest BCUT2D eigenvalue weighted by molar-refractivity contribution is 5.55. The molecule has 5 nitrogen and oxygen atoms in total. The van der Waals surface area contributed by atoms with Gasteiger partial charge in [0.25, 0.3) is 5.69 Å². The number of benzene rings is 2. The highest BCUT2D eigenvalue weighted by Gasteiger charge is 2.21. The van der Waals surface area contributed by atoms with Gasteiger partial charge in [0.15, 0.2) is 5.82 Å². The van der Waals surface area contributed by atoms with Gasteiger partial charge in [0.1, 0.15) is 0 Å². The fraction of sp³-hybridized carbons (Fsp3) is 0.250. The van der Waals surface area contributed by atoms with Crippen molar-refractivity contribution in [3.05, 3.63) is 64.5 Å². The third-order valence-corrected chi connectivity index (χ3v) is 3.88. The lowest BCUT2D eigenvalue weighted by molar-refractivity contribution is -0.385. The van der Waals surface area contributed by atoms with Crippen molar-refractivity contribution < 1.29 is 9.31 Å². The summed E-state index contributed by atoms with van der Waals surface area (Å²) in [6, 6.07) is 13.9. The first-order valence-electron chi connectivity index (χ1n) is 7.14. The van der Waals surface area contributed by atoms with Gasteiger partial charge in [-0.1, -0.05) is 18.2 Å². The Morgan fingerprint density at radius 2 is 1.59 bits per heavy atom. The number of hydrogen-bond acceptors (Lipinski definition) is 4. The van der Waals surface area contributed by atoms with E-state index in [-0.39, 0.29) is 5.69 Å². The molecule has 0 atom stereocenters. The van der Waals surface area contributed by atoms with Crippen LogP contribution in [0.25, 0.3) is 0 Å². The average Bonchev–Trinajstić information content (AvgIpc) is 2.56. The van der Waals surface area contributed by atoms with Crippen LogP contribution in [0.3, 0.4) is 0 Å². The van der Waals surface area contributed by atoms with Crippen molar-refractivity contribution in [2.75, 3.05) is 36.0 Å². The van der Waals surface area contributed by atoms with E-state index in [2.05, 4.69) is 17.0 Å². The fourth-order valence-electron chi connectivity index (χ4n) is 2.71. The molecule has 0 N–H and O–H groups in total. The van der Waals surface area contributed by atoms with E-state index in [1.54, 1.807) is 0 Å². The van der Waals surface area contributed by atoms with Crippen LogP contribution in [-0.4, -0.2) is 31.1 Å². The Bertz CT molecular complexity index is 670. The Kier molecular flexibility index (Phi) is 3.91. The summed E-state index contributed by atoms with van der Waals surface area (Å²) in [4.78, 5) is 14.3. The van der Waals surface area contributed by atoms with Crippen molar-refractivity contribution in [2.45, 2.75) is 0 Å². The number of para-hydroxylation sites is 1. The summed E-state index contributed by atoms with van der Waals surface area (Å²) in [6.45, 7) is 2.95. The molecule has 1 aliphatic heterocycles. The Hall–Kier alpha value is -2.63. The van der Waals surface area contributed by atoms with Crippen LogP contribution in [0.1, 0.15) is 0 Å². The monoisotopic (exact) mass is 301 g/mol. The van der Waals surface area contributed by atoms with Crippen LogP contribution in [0, 0.1) is 15.9 Å². The number of halogens is 1. The Morgan fingerprint density at radius 3 is 2.18 bits per heavy atom. The maximum absolute atomic E-state index is 14.1. The summed E-state index contributed by atoms with van der Waals surface area (Å²) >= 11 is 0. The van der Waals surface area contributed by atoms with E-state index >= 15 is 0 Å². The summed E-state index contributed by atoms with van der Waals surface area (Å²) in [5, 5.41) is 10.7. The second-order valence-electron chi connectivity index (χ2n) is 5.20. The third kappa shape index (κ3) is 2.86. The summed E-state index contributed by atoms with van der Waals surface area (Å²) in [5.41, 5.74) is 1.37. The van der Waals surface area contributed by atoms with E-state index in [4.69, 9.17) is 0 Å². The minimum Gasteiger partial charge on any atom is -0.368 e. The van der Waals surface area contributed by atoms with Gasteiger partial charge >= 0.3 is 0 Å². The molecular formula is C16H16FN3O2. The summed E-state index contributed by atoms with van der Waals surface area (Å²) in [7, 11) is 0. The van der Waals surface area contributed by atoms with Crippen molar-refractivity contribution in [2.24, 2.45) is 0 Å². The molecule has 22 heavy (non-hydrogen) atoms. The Balaban J connectivity index is 1.70. The largest absolute Gasteiger partial charge is 0.368 e. The molecule has 2 aromatic carbocycles. The lowest BCUT2D eigenvalue weighted by Gasteiger charge is -2.37. The van der Waals surface area contributed by atoms with E-state index in [0.717, 1.165) is 24.8 Å².